The smallest absolute Gasteiger partial charge is 0.341 e. The van der Waals surface area contributed by atoms with Crippen LogP contribution >= 0.6 is 15.9 Å². The maximum atomic E-state index is 11.5. The summed E-state index contributed by atoms with van der Waals surface area (Å²) in [6.07, 6.45) is 0.550. The monoisotopic (exact) mass is 307 g/mol. The van der Waals surface area contributed by atoms with Crippen molar-refractivity contribution in [1.29, 1.82) is 0 Å². The molecule has 5 heteroatoms. The first-order valence-corrected chi connectivity index (χ1v) is 6.05. The highest BCUT2D eigenvalue weighted by molar-refractivity contribution is 9.10. The van der Waals surface area contributed by atoms with Gasteiger partial charge in [-0.15, -0.1) is 0 Å². The minimum atomic E-state index is -1.22. The van der Waals surface area contributed by atoms with Crippen LogP contribution in [0.5, 0.6) is 0 Å². The summed E-state index contributed by atoms with van der Waals surface area (Å²) in [6, 6.07) is 10.7. The molecule has 0 amide bonds. The van der Waals surface area contributed by atoms with Gasteiger partial charge in [0.1, 0.15) is 5.56 Å². The number of halogens is 1. The minimum absolute atomic E-state index is 0.243. The molecule has 0 bridgehead atoms. The summed E-state index contributed by atoms with van der Waals surface area (Å²) in [5, 5.41) is 8.76. The van der Waals surface area contributed by atoms with Crippen molar-refractivity contribution in [3.05, 3.63) is 68.0 Å². The molecule has 1 heterocycles. The van der Waals surface area contributed by atoms with Crippen LogP contribution in [0.1, 0.15) is 21.6 Å². The van der Waals surface area contributed by atoms with Crippen LogP contribution in [0, 0.1) is 0 Å². The van der Waals surface area contributed by atoms with Gasteiger partial charge in [0.2, 0.25) is 0 Å². The fraction of sp³-hybridized carbons (Fsp3) is 0.0769. The second-order valence-electron chi connectivity index (χ2n) is 3.84. The number of aromatic nitrogens is 1. The van der Waals surface area contributed by atoms with Gasteiger partial charge >= 0.3 is 5.97 Å². The molecular weight excluding hydrogens is 298 g/mol. The predicted molar refractivity (Wildman–Crippen MR) is 71.0 cm³/mol. The molecule has 4 nitrogen and oxygen atoms in total. The Labute approximate surface area is 111 Å². The SMILES string of the molecule is O=C(O)c1ccc(Cc2cccc(Br)c2)[nH]c1=O. The average Bonchev–Trinajstić information content (AvgIpc) is 2.28. The normalized spacial score (nSPS) is 10.3. The van der Waals surface area contributed by atoms with Gasteiger partial charge < -0.3 is 10.1 Å². The maximum Gasteiger partial charge on any atom is 0.341 e. The second kappa shape index (κ2) is 5.18. The fourth-order valence-corrected chi connectivity index (χ4v) is 2.10. The van der Waals surface area contributed by atoms with E-state index < -0.39 is 11.5 Å². The topological polar surface area (TPSA) is 70.2 Å². The van der Waals surface area contributed by atoms with E-state index in [9.17, 15) is 9.59 Å². The van der Waals surface area contributed by atoms with Crippen LogP contribution in [0.4, 0.5) is 0 Å². The Hall–Kier alpha value is -1.88. The van der Waals surface area contributed by atoms with Crippen LogP contribution in [0.3, 0.4) is 0 Å². The van der Waals surface area contributed by atoms with E-state index in [1.54, 1.807) is 6.07 Å². The summed E-state index contributed by atoms with van der Waals surface area (Å²) >= 11 is 3.37. The number of hydrogen-bond donors (Lipinski definition) is 2. The van der Waals surface area contributed by atoms with Crippen molar-refractivity contribution in [1.82, 2.24) is 4.98 Å². The summed E-state index contributed by atoms with van der Waals surface area (Å²) < 4.78 is 0.963. The molecule has 0 unspecified atom stereocenters. The predicted octanol–water partition coefficient (Wildman–Crippen LogP) is 2.43. The highest BCUT2D eigenvalue weighted by Gasteiger charge is 2.08. The highest BCUT2D eigenvalue weighted by Crippen LogP contribution is 2.14. The summed E-state index contributed by atoms with van der Waals surface area (Å²) in [5.74, 6) is -1.22. The number of aromatic carboxylic acids is 1. The summed E-state index contributed by atoms with van der Waals surface area (Å²) in [7, 11) is 0. The number of H-pyrrole nitrogens is 1. The second-order valence-corrected chi connectivity index (χ2v) is 4.75. The Morgan fingerprint density at radius 2 is 2.06 bits per heavy atom. The summed E-state index contributed by atoms with van der Waals surface area (Å²) in [4.78, 5) is 24.8. The zero-order valence-corrected chi connectivity index (χ0v) is 10.9. The standard InChI is InChI=1S/C13H10BrNO3/c14-9-3-1-2-8(6-9)7-10-4-5-11(13(17)18)12(16)15-10/h1-6H,7H2,(H,15,16)(H,17,18). The Balaban J connectivity index is 2.28. The Morgan fingerprint density at radius 3 is 2.67 bits per heavy atom. The Bertz CT molecular complexity index is 649. The average molecular weight is 308 g/mol. The summed E-state index contributed by atoms with van der Waals surface area (Å²) in [5.41, 5.74) is 0.897. The van der Waals surface area contributed by atoms with Crippen LogP contribution in [-0.2, 0) is 6.42 Å². The van der Waals surface area contributed by atoms with Crippen molar-refractivity contribution in [2.24, 2.45) is 0 Å². The molecule has 0 radical (unpaired) electrons. The molecule has 2 rings (SSSR count). The van der Waals surface area contributed by atoms with E-state index in [2.05, 4.69) is 20.9 Å². The maximum absolute atomic E-state index is 11.5. The lowest BCUT2D eigenvalue weighted by Gasteiger charge is -2.03. The Morgan fingerprint density at radius 1 is 1.28 bits per heavy atom. The van der Waals surface area contributed by atoms with E-state index in [1.807, 2.05) is 24.3 Å². The third-order valence-electron chi connectivity index (χ3n) is 2.48. The van der Waals surface area contributed by atoms with Crippen molar-refractivity contribution in [3.63, 3.8) is 0 Å². The number of carboxylic acid groups (broad SMARTS) is 1. The lowest BCUT2D eigenvalue weighted by Crippen LogP contribution is -2.18. The minimum Gasteiger partial charge on any atom is -0.477 e. The molecular formula is C13H10BrNO3. The number of carbonyl (C=O) groups is 1. The third kappa shape index (κ3) is 2.87. The quantitative estimate of drug-likeness (QED) is 0.915. The fourth-order valence-electron chi connectivity index (χ4n) is 1.65. The zero-order valence-electron chi connectivity index (χ0n) is 9.31. The molecule has 0 spiro atoms. The van der Waals surface area contributed by atoms with E-state index in [4.69, 9.17) is 5.11 Å². The third-order valence-corrected chi connectivity index (χ3v) is 2.98. The van der Waals surface area contributed by atoms with Gasteiger partial charge in [0.15, 0.2) is 0 Å². The van der Waals surface area contributed by atoms with Crippen LogP contribution < -0.4 is 5.56 Å². The molecule has 0 aliphatic rings. The molecule has 0 aliphatic carbocycles. The number of benzene rings is 1. The zero-order chi connectivity index (χ0) is 13.1. The van der Waals surface area contributed by atoms with Gasteiger partial charge in [0.25, 0.3) is 5.56 Å². The molecule has 1 aromatic heterocycles. The molecule has 0 saturated heterocycles. The lowest BCUT2D eigenvalue weighted by molar-refractivity contribution is 0.0695. The lowest BCUT2D eigenvalue weighted by atomic mass is 10.1. The van der Waals surface area contributed by atoms with Crippen molar-refractivity contribution >= 4 is 21.9 Å². The van der Waals surface area contributed by atoms with Crippen LogP contribution in [-0.4, -0.2) is 16.1 Å². The molecule has 0 aliphatic heterocycles. The first-order chi connectivity index (χ1) is 8.56. The molecule has 92 valence electrons. The molecule has 0 atom stereocenters. The van der Waals surface area contributed by atoms with Crippen molar-refractivity contribution in [2.45, 2.75) is 6.42 Å². The van der Waals surface area contributed by atoms with Crippen LogP contribution in [0.2, 0.25) is 0 Å². The number of rotatable bonds is 3. The van der Waals surface area contributed by atoms with Crippen molar-refractivity contribution in [3.8, 4) is 0 Å². The van der Waals surface area contributed by atoms with E-state index >= 15 is 0 Å². The molecule has 18 heavy (non-hydrogen) atoms. The van der Waals surface area contributed by atoms with E-state index in [-0.39, 0.29) is 5.56 Å². The number of nitrogens with one attached hydrogen (secondary N) is 1. The first kappa shape index (κ1) is 12.6. The van der Waals surface area contributed by atoms with Gasteiger partial charge in [-0.1, -0.05) is 28.1 Å². The van der Waals surface area contributed by atoms with Crippen LogP contribution in [0.15, 0.2) is 45.7 Å². The molecule has 1 aromatic carbocycles. The van der Waals surface area contributed by atoms with Crippen molar-refractivity contribution < 1.29 is 9.90 Å². The Kier molecular flexibility index (Phi) is 3.62. The molecule has 0 fully saturated rings. The number of pyridine rings is 1. The number of hydrogen-bond acceptors (Lipinski definition) is 2. The van der Waals surface area contributed by atoms with Crippen molar-refractivity contribution in [2.75, 3.05) is 0 Å². The van der Waals surface area contributed by atoms with Gasteiger partial charge in [-0.3, -0.25) is 4.79 Å². The van der Waals surface area contributed by atoms with Gasteiger partial charge in [0, 0.05) is 16.6 Å². The number of aromatic amines is 1. The first-order valence-electron chi connectivity index (χ1n) is 5.26. The van der Waals surface area contributed by atoms with Gasteiger partial charge in [-0.25, -0.2) is 4.79 Å². The van der Waals surface area contributed by atoms with E-state index in [1.165, 1.54) is 6.07 Å². The van der Waals surface area contributed by atoms with E-state index in [0.717, 1.165) is 10.0 Å². The number of carboxylic acids is 1. The van der Waals surface area contributed by atoms with E-state index in [0.29, 0.717) is 12.1 Å². The summed E-state index contributed by atoms with van der Waals surface area (Å²) in [6.45, 7) is 0. The van der Waals surface area contributed by atoms with Crippen LogP contribution in [0.25, 0.3) is 0 Å². The molecule has 2 N–H and O–H groups in total. The van der Waals surface area contributed by atoms with Gasteiger partial charge in [0.05, 0.1) is 0 Å². The molecule has 2 aromatic rings. The highest BCUT2D eigenvalue weighted by atomic mass is 79.9. The largest absolute Gasteiger partial charge is 0.477 e. The van der Waals surface area contributed by atoms with Gasteiger partial charge in [-0.2, -0.15) is 0 Å². The molecule has 0 saturated carbocycles. The van der Waals surface area contributed by atoms with Gasteiger partial charge in [-0.05, 0) is 29.8 Å².